The lowest BCUT2D eigenvalue weighted by atomic mass is 10.1. The van der Waals surface area contributed by atoms with Crippen molar-refractivity contribution in [3.63, 3.8) is 0 Å². The molecule has 1 N–H and O–H groups in total. The van der Waals surface area contributed by atoms with E-state index in [-0.39, 0.29) is 0 Å². The molecule has 2 aromatic rings. The van der Waals surface area contributed by atoms with Crippen LogP contribution in [0, 0.1) is 0 Å². The predicted molar refractivity (Wildman–Crippen MR) is 85.7 cm³/mol. The number of aromatic nitrogens is 1. The first-order valence-electron chi connectivity index (χ1n) is 7.59. The molecule has 0 spiro atoms. The van der Waals surface area contributed by atoms with Crippen molar-refractivity contribution in [2.45, 2.75) is 40.0 Å². The van der Waals surface area contributed by atoms with E-state index in [4.69, 9.17) is 9.72 Å². The molecule has 3 nitrogen and oxygen atoms in total. The molecule has 1 heterocycles. The first-order valence-corrected chi connectivity index (χ1v) is 7.59. The Labute approximate surface area is 121 Å². The predicted octanol–water partition coefficient (Wildman–Crippen LogP) is 4.41. The highest BCUT2D eigenvalue weighted by Crippen LogP contribution is 2.30. The molecule has 20 heavy (non-hydrogen) atoms. The first-order chi connectivity index (χ1) is 9.80. The molecule has 2 rings (SSSR count). The molecule has 0 fully saturated rings. The third-order valence-electron chi connectivity index (χ3n) is 3.24. The highest BCUT2D eigenvalue weighted by atomic mass is 16.5. The average molecular weight is 272 g/mol. The molecule has 0 atom stereocenters. The second kappa shape index (κ2) is 7.13. The molecular weight excluding hydrogens is 248 g/mol. The van der Waals surface area contributed by atoms with E-state index in [1.165, 1.54) is 0 Å². The van der Waals surface area contributed by atoms with E-state index >= 15 is 0 Å². The van der Waals surface area contributed by atoms with Gasteiger partial charge in [0.15, 0.2) is 0 Å². The SMILES string of the molecule is CCCNc1cc(CC)nc2c(OCCC)cccc12. The minimum atomic E-state index is 0.731. The van der Waals surface area contributed by atoms with Gasteiger partial charge in [0, 0.05) is 23.3 Å². The average Bonchev–Trinajstić information content (AvgIpc) is 2.50. The summed E-state index contributed by atoms with van der Waals surface area (Å²) in [6.07, 6.45) is 3.04. The van der Waals surface area contributed by atoms with Crippen molar-refractivity contribution < 1.29 is 4.74 Å². The standard InChI is InChI=1S/C17H24N2O/c1-4-10-18-15-12-13(6-3)19-17-14(15)8-7-9-16(17)20-11-5-2/h7-9,12H,4-6,10-11H2,1-3H3,(H,18,19). The van der Waals surface area contributed by atoms with Gasteiger partial charge in [0.25, 0.3) is 0 Å². The van der Waals surface area contributed by atoms with E-state index in [2.05, 4.69) is 38.2 Å². The van der Waals surface area contributed by atoms with Crippen molar-refractivity contribution in [1.82, 2.24) is 4.98 Å². The van der Waals surface area contributed by atoms with E-state index in [1.54, 1.807) is 0 Å². The Bertz CT molecular complexity index is 566. The van der Waals surface area contributed by atoms with E-state index in [0.717, 1.165) is 60.4 Å². The Balaban J connectivity index is 2.49. The molecule has 0 unspecified atom stereocenters. The topological polar surface area (TPSA) is 34.2 Å². The van der Waals surface area contributed by atoms with Crippen LogP contribution in [0.5, 0.6) is 5.75 Å². The maximum absolute atomic E-state index is 5.84. The smallest absolute Gasteiger partial charge is 0.145 e. The Kier molecular flexibility index (Phi) is 5.22. The third-order valence-corrected chi connectivity index (χ3v) is 3.24. The molecule has 1 aromatic heterocycles. The Hall–Kier alpha value is -1.77. The number of para-hydroxylation sites is 1. The minimum Gasteiger partial charge on any atom is -0.491 e. The number of hydrogen-bond acceptors (Lipinski definition) is 3. The molecular formula is C17H24N2O. The molecule has 0 aliphatic heterocycles. The summed E-state index contributed by atoms with van der Waals surface area (Å²) in [5.74, 6) is 0.888. The van der Waals surface area contributed by atoms with Crippen LogP contribution in [0.25, 0.3) is 10.9 Å². The minimum absolute atomic E-state index is 0.731. The molecule has 0 amide bonds. The van der Waals surface area contributed by atoms with Crippen molar-refractivity contribution in [3.05, 3.63) is 30.0 Å². The quantitative estimate of drug-likeness (QED) is 0.810. The fourth-order valence-corrected chi connectivity index (χ4v) is 2.19. The number of hydrogen-bond donors (Lipinski definition) is 1. The second-order valence-electron chi connectivity index (χ2n) is 4.94. The number of aryl methyl sites for hydroxylation is 1. The van der Waals surface area contributed by atoms with E-state index in [1.807, 2.05) is 12.1 Å². The number of fused-ring (bicyclic) bond motifs is 1. The number of pyridine rings is 1. The van der Waals surface area contributed by atoms with Gasteiger partial charge in [-0.05, 0) is 31.4 Å². The molecule has 1 aromatic carbocycles. The highest BCUT2D eigenvalue weighted by molar-refractivity contribution is 5.95. The molecule has 0 aliphatic carbocycles. The molecule has 0 radical (unpaired) electrons. The van der Waals surface area contributed by atoms with Crippen LogP contribution in [0.2, 0.25) is 0 Å². The zero-order valence-corrected chi connectivity index (χ0v) is 12.7. The van der Waals surface area contributed by atoms with Crippen LogP contribution < -0.4 is 10.1 Å². The number of benzene rings is 1. The number of ether oxygens (including phenoxy) is 1. The summed E-state index contributed by atoms with van der Waals surface area (Å²) in [6, 6.07) is 8.31. The maximum Gasteiger partial charge on any atom is 0.145 e. The zero-order chi connectivity index (χ0) is 14.4. The van der Waals surface area contributed by atoms with Crippen LogP contribution >= 0.6 is 0 Å². The van der Waals surface area contributed by atoms with Crippen molar-refractivity contribution >= 4 is 16.6 Å². The van der Waals surface area contributed by atoms with Gasteiger partial charge >= 0.3 is 0 Å². The molecule has 0 saturated heterocycles. The number of nitrogens with one attached hydrogen (secondary N) is 1. The highest BCUT2D eigenvalue weighted by Gasteiger charge is 2.09. The van der Waals surface area contributed by atoms with Crippen molar-refractivity contribution in [3.8, 4) is 5.75 Å². The van der Waals surface area contributed by atoms with Crippen molar-refractivity contribution in [1.29, 1.82) is 0 Å². The van der Waals surface area contributed by atoms with Crippen molar-refractivity contribution in [2.24, 2.45) is 0 Å². The lowest BCUT2D eigenvalue weighted by Crippen LogP contribution is -2.04. The molecule has 0 saturated carbocycles. The second-order valence-corrected chi connectivity index (χ2v) is 4.94. The van der Waals surface area contributed by atoms with E-state index < -0.39 is 0 Å². The summed E-state index contributed by atoms with van der Waals surface area (Å²) in [4.78, 5) is 4.75. The summed E-state index contributed by atoms with van der Waals surface area (Å²) in [5.41, 5.74) is 3.23. The number of rotatable bonds is 7. The molecule has 108 valence electrons. The summed E-state index contributed by atoms with van der Waals surface area (Å²) in [7, 11) is 0. The summed E-state index contributed by atoms with van der Waals surface area (Å²) >= 11 is 0. The monoisotopic (exact) mass is 272 g/mol. The molecule has 0 aliphatic rings. The summed E-state index contributed by atoms with van der Waals surface area (Å²) in [6.45, 7) is 8.13. The van der Waals surface area contributed by atoms with Gasteiger partial charge in [0.05, 0.1) is 6.61 Å². The third kappa shape index (κ3) is 3.21. The van der Waals surface area contributed by atoms with Crippen LogP contribution in [-0.2, 0) is 6.42 Å². The maximum atomic E-state index is 5.84. The van der Waals surface area contributed by atoms with Crippen LogP contribution in [0.1, 0.15) is 39.3 Å². The zero-order valence-electron chi connectivity index (χ0n) is 12.7. The van der Waals surface area contributed by atoms with Crippen LogP contribution in [0.4, 0.5) is 5.69 Å². The Morgan fingerprint density at radius 3 is 2.70 bits per heavy atom. The lowest BCUT2D eigenvalue weighted by Gasteiger charge is -2.13. The van der Waals surface area contributed by atoms with E-state index in [9.17, 15) is 0 Å². The van der Waals surface area contributed by atoms with Crippen LogP contribution in [0.3, 0.4) is 0 Å². The molecule has 3 heteroatoms. The Morgan fingerprint density at radius 2 is 2.00 bits per heavy atom. The Morgan fingerprint density at radius 1 is 1.15 bits per heavy atom. The molecule has 0 bridgehead atoms. The fraction of sp³-hybridized carbons (Fsp3) is 0.471. The van der Waals surface area contributed by atoms with Crippen LogP contribution in [-0.4, -0.2) is 18.1 Å². The summed E-state index contributed by atoms with van der Waals surface area (Å²) in [5, 5.41) is 4.64. The number of anilines is 1. The van der Waals surface area contributed by atoms with E-state index in [0.29, 0.717) is 0 Å². The first kappa shape index (κ1) is 14.6. The van der Waals surface area contributed by atoms with Crippen LogP contribution in [0.15, 0.2) is 24.3 Å². The normalized spacial score (nSPS) is 10.8. The fourth-order valence-electron chi connectivity index (χ4n) is 2.19. The van der Waals surface area contributed by atoms with Gasteiger partial charge in [-0.3, -0.25) is 0 Å². The number of nitrogens with zero attached hydrogens (tertiary/aromatic N) is 1. The van der Waals surface area contributed by atoms with Gasteiger partial charge in [-0.2, -0.15) is 0 Å². The van der Waals surface area contributed by atoms with Gasteiger partial charge in [-0.1, -0.05) is 32.9 Å². The van der Waals surface area contributed by atoms with Gasteiger partial charge in [-0.15, -0.1) is 0 Å². The van der Waals surface area contributed by atoms with Crippen molar-refractivity contribution in [2.75, 3.05) is 18.5 Å². The summed E-state index contributed by atoms with van der Waals surface area (Å²) < 4.78 is 5.84. The van der Waals surface area contributed by atoms with Gasteiger partial charge in [-0.25, -0.2) is 4.98 Å². The van der Waals surface area contributed by atoms with Gasteiger partial charge in [0.2, 0.25) is 0 Å². The lowest BCUT2D eigenvalue weighted by molar-refractivity contribution is 0.320. The van der Waals surface area contributed by atoms with Gasteiger partial charge < -0.3 is 10.1 Å². The largest absolute Gasteiger partial charge is 0.491 e. The van der Waals surface area contributed by atoms with Gasteiger partial charge in [0.1, 0.15) is 11.3 Å².